The van der Waals surface area contributed by atoms with Gasteiger partial charge >= 0.3 is 0 Å². The molecule has 0 saturated heterocycles. The van der Waals surface area contributed by atoms with E-state index in [1.54, 1.807) is 48.9 Å². The van der Waals surface area contributed by atoms with E-state index in [-0.39, 0.29) is 34.8 Å². The average Bonchev–Trinajstić information content (AvgIpc) is 3.45. The number of furan rings is 1. The Labute approximate surface area is 282 Å². The van der Waals surface area contributed by atoms with E-state index in [1.807, 2.05) is 31.2 Å². The molecule has 49 heavy (non-hydrogen) atoms. The van der Waals surface area contributed by atoms with Crippen LogP contribution in [-0.2, 0) is 14.8 Å². The molecule has 0 unspecified atom stereocenters. The minimum atomic E-state index is -3.77. The molecular weight excluding hydrogens is 647 g/mol. The molecule has 0 aliphatic heterocycles. The van der Waals surface area contributed by atoms with Crippen molar-refractivity contribution in [3.8, 4) is 22.5 Å². The lowest BCUT2D eigenvalue weighted by Gasteiger charge is -2.23. The third kappa shape index (κ3) is 6.20. The second kappa shape index (κ2) is 12.9. The summed E-state index contributed by atoms with van der Waals surface area (Å²) in [7, 11) is 0.707. The molecule has 2 aromatic heterocycles. The molecule has 6 aromatic rings. The van der Waals surface area contributed by atoms with Gasteiger partial charge in [-0.15, -0.1) is 0 Å². The highest BCUT2D eigenvalue weighted by atomic mass is 32.2. The van der Waals surface area contributed by atoms with Crippen LogP contribution in [0.1, 0.15) is 33.4 Å². The van der Waals surface area contributed by atoms with Crippen LogP contribution in [0.2, 0.25) is 0 Å². The molecule has 6 rings (SSSR count). The minimum Gasteiger partial charge on any atom is -0.455 e. The maximum Gasteiger partial charge on any atom is 0.262 e. The van der Waals surface area contributed by atoms with E-state index in [4.69, 9.17) is 14.1 Å². The first kappa shape index (κ1) is 33.6. The normalized spacial score (nSPS) is 12.4. The fourth-order valence-corrected chi connectivity index (χ4v) is 6.58. The van der Waals surface area contributed by atoms with Gasteiger partial charge in [0.1, 0.15) is 23.0 Å². The quantitative estimate of drug-likeness (QED) is 0.192. The first-order valence-corrected chi connectivity index (χ1v) is 17.3. The standard InChI is InChI=1S/C37H35FN4O6S/c1-21-7-9-23(10-8-21)32(20-47-5)42-22(2)40-30-16-13-25(17-28(30)37(42)44)27-18-29-33(19-31(27)41(4)49(6,45)46)48-35(34(29)36(43)39-3)24-11-14-26(38)15-12-24/h7-19,32H,20H2,1-6H3,(H,39,43)/t32-/m1/s1. The topological polar surface area (TPSA) is 124 Å². The number of amides is 1. The van der Waals surface area contributed by atoms with E-state index in [0.29, 0.717) is 38.8 Å². The van der Waals surface area contributed by atoms with Gasteiger partial charge in [-0.25, -0.2) is 17.8 Å². The average molecular weight is 683 g/mol. The lowest BCUT2D eigenvalue weighted by Crippen LogP contribution is -2.31. The second-order valence-corrected chi connectivity index (χ2v) is 13.9. The van der Waals surface area contributed by atoms with Crippen LogP contribution in [0.3, 0.4) is 0 Å². The minimum absolute atomic E-state index is 0.194. The van der Waals surface area contributed by atoms with Gasteiger partial charge in [0, 0.05) is 43.8 Å². The van der Waals surface area contributed by atoms with Crippen LogP contribution in [0.25, 0.3) is 44.3 Å². The van der Waals surface area contributed by atoms with E-state index < -0.39 is 27.8 Å². The number of aromatic nitrogens is 2. The number of nitrogens with one attached hydrogen (secondary N) is 1. The monoisotopic (exact) mass is 682 g/mol. The highest BCUT2D eigenvalue weighted by Crippen LogP contribution is 2.41. The van der Waals surface area contributed by atoms with E-state index in [1.165, 1.54) is 38.4 Å². The third-order valence-electron chi connectivity index (χ3n) is 8.69. The Bertz CT molecular complexity index is 2400. The zero-order valence-electron chi connectivity index (χ0n) is 27.9. The molecule has 2 heterocycles. The number of fused-ring (bicyclic) bond motifs is 2. The first-order chi connectivity index (χ1) is 23.3. The number of carbonyl (C=O) groups excluding carboxylic acids is 1. The van der Waals surface area contributed by atoms with Gasteiger partial charge in [0.05, 0.1) is 41.1 Å². The number of halogens is 1. The van der Waals surface area contributed by atoms with Crippen LogP contribution in [0.15, 0.2) is 88.1 Å². The molecule has 12 heteroatoms. The van der Waals surface area contributed by atoms with Crippen LogP contribution in [-0.4, -0.2) is 57.9 Å². The van der Waals surface area contributed by atoms with Crippen molar-refractivity contribution in [1.29, 1.82) is 0 Å². The van der Waals surface area contributed by atoms with Crippen LogP contribution in [0.4, 0.5) is 10.1 Å². The Morgan fingerprint density at radius 1 is 1.00 bits per heavy atom. The fourth-order valence-electron chi connectivity index (χ4n) is 6.07. The summed E-state index contributed by atoms with van der Waals surface area (Å²) in [6, 6.07) is 21.3. The molecule has 0 saturated carbocycles. The molecule has 4 aromatic carbocycles. The van der Waals surface area contributed by atoms with Gasteiger partial charge in [0.25, 0.3) is 11.5 Å². The Balaban J connectivity index is 1.62. The van der Waals surface area contributed by atoms with Crippen molar-refractivity contribution in [2.75, 3.05) is 38.4 Å². The number of ether oxygens (including phenoxy) is 1. The van der Waals surface area contributed by atoms with Gasteiger partial charge in [0.15, 0.2) is 0 Å². The molecule has 1 atom stereocenters. The summed E-state index contributed by atoms with van der Waals surface area (Å²) in [5.41, 5.74) is 4.24. The summed E-state index contributed by atoms with van der Waals surface area (Å²) >= 11 is 0. The molecule has 0 fully saturated rings. The van der Waals surface area contributed by atoms with Crippen molar-refractivity contribution < 1.29 is 26.8 Å². The van der Waals surface area contributed by atoms with Crippen LogP contribution in [0, 0.1) is 19.7 Å². The number of nitrogens with zero attached hydrogens (tertiary/aromatic N) is 3. The zero-order valence-corrected chi connectivity index (χ0v) is 28.7. The molecular formula is C37H35FN4O6S. The molecule has 1 N–H and O–H groups in total. The molecule has 10 nitrogen and oxygen atoms in total. The molecule has 1 amide bonds. The molecule has 252 valence electrons. The highest BCUT2D eigenvalue weighted by molar-refractivity contribution is 7.92. The predicted octanol–water partition coefficient (Wildman–Crippen LogP) is 6.22. The van der Waals surface area contributed by atoms with E-state index in [0.717, 1.165) is 21.7 Å². The van der Waals surface area contributed by atoms with Crippen molar-refractivity contribution in [2.45, 2.75) is 19.9 Å². The lowest BCUT2D eigenvalue weighted by atomic mass is 9.97. The Hall–Kier alpha value is -5.33. The van der Waals surface area contributed by atoms with E-state index in [2.05, 4.69) is 5.32 Å². The van der Waals surface area contributed by atoms with Gasteiger partial charge in [-0.3, -0.25) is 18.5 Å². The lowest BCUT2D eigenvalue weighted by molar-refractivity contribution is 0.0964. The summed E-state index contributed by atoms with van der Waals surface area (Å²) in [6.07, 6.45) is 1.08. The number of hydrogen-bond donors (Lipinski definition) is 1. The molecule has 0 aliphatic rings. The smallest absolute Gasteiger partial charge is 0.262 e. The first-order valence-electron chi connectivity index (χ1n) is 15.4. The predicted molar refractivity (Wildman–Crippen MR) is 189 cm³/mol. The van der Waals surface area contributed by atoms with E-state index in [9.17, 15) is 22.4 Å². The third-order valence-corrected chi connectivity index (χ3v) is 9.88. The maximum atomic E-state index is 14.3. The van der Waals surface area contributed by atoms with E-state index >= 15 is 0 Å². The molecule has 0 spiro atoms. The number of benzene rings is 4. The number of aryl methyl sites for hydroxylation is 2. The van der Waals surface area contributed by atoms with Gasteiger partial charge in [-0.1, -0.05) is 35.9 Å². The van der Waals surface area contributed by atoms with Crippen molar-refractivity contribution in [3.05, 3.63) is 118 Å². The number of anilines is 1. The van der Waals surface area contributed by atoms with Crippen molar-refractivity contribution in [3.63, 3.8) is 0 Å². The van der Waals surface area contributed by atoms with Crippen LogP contribution >= 0.6 is 0 Å². The highest BCUT2D eigenvalue weighted by Gasteiger charge is 2.27. The Morgan fingerprint density at radius 2 is 1.67 bits per heavy atom. The summed E-state index contributed by atoms with van der Waals surface area (Å²) in [6.45, 7) is 4.00. The maximum absolute atomic E-state index is 14.3. The Kier molecular flexibility index (Phi) is 8.86. The van der Waals surface area contributed by atoms with Crippen molar-refractivity contribution in [2.24, 2.45) is 0 Å². The summed E-state index contributed by atoms with van der Waals surface area (Å²) in [5, 5.41) is 3.36. The van der Waals surface area contributed by atoms with Crippen LogP contribution in [0.5, 0.6) is 0 Å². The summed E-state index contributed by atoms with van der Waals surface area (Å²) < 4.78 is 54.0. The molecule has 0 aliphatic carbocycles. The Morgan fingerprint density at radius 3 is 2.31 bits per heavy atom. The number of methoxy groups -OCH3 is 1. The fraction of sp³-hybridized carbons (Fsp3) is 0.216. The number of hydrogen-bond acceptors (Lipinski definition) is 7. The number of sulfonamides is 1. The summed E-state index contributed by atoms with van der Waals surface area (Å²) in [5.74, 6) is -0.197. The van der Waals surface area contributed by atoms with Gasteiger partial charge in [-0.2, -0.15) is 0 Å². The van der Waals surface area contributed by atoms with Gasteiger partial charge < -0.3 is 14.5 Å². The number of carbonyl (C=O) groups is 1. The molecule has 0 bridgehead atoms. The largest absolute Gasteiger partial charge is 0.455 e. The van der Waals surface area contributed by atoms with Crippen LogP contribution < -0.4 is 15.2 Å². The number of rotatable bonds is 9. The van der Waals surface area contributed by atoms with Crippen molar-refractivity contribution >= 4 is 43.5 Å². The second-order valence-electron chi connectivity index (χ2n) is 11.9. The van der Waals surface area contributed by atoms with Gasteiger partial charge in [-0.05, 0) is 67.4 Å². The summed E-state index contributed by atoms with van der Waals surface area (Å²) in [4.78, 5) is 32.4. The van der Waals surface area contributed by atoms with Gasteiger partial charge in [0.2, 0.25) is 10.0 Å². The molecule has 0 radical (unpaired) electrons. The van der Waals surface area contributed by atoms with Crippen molar-refractivity contribution in [1.82, 2.24) is 14.9 Å². The zero-order chi connectivity index (χ0) is 35.2. The SMILES string of the molecule is CNC(=O)c1c(-c2ccc(F)cc2)oc2cc(N(C)S(C)(=O)=O)c(-c3ccc4nc(C)n([C@H](COC)c5ccc(C)cc5)c(=O)c4c3)cc12.